The van der Waals surface area contributed by atoms with Gasteiger partial charge in [0.05, 0.1) is 0 Å². The average molecular weight is 221 g/mol. The fourth-order valence-corrected chi connectivity index (χ4v) is 2.38. The van der Waals surface area contributed by atoms with Gasteiger partial charge in [0.1, 0.15) is 6.04 Å². The lowest BCUT2D eigenvalue weighted by molar-refractivity contribution is -0.137. The van der Waals surface area contributed by atoms with Crippen LogP contribution >= 0.6 is 11.8 Å². The first kappa shape index (κ1) is 13.7. The minimum absolute atomic E-state index is 0.153. The first-order chi connectivity index (χ1) is 6.61. The molecule has 4 nitrogen and oxygen atoms in total. The fourth-order valence-electron chi connectivity index (χ4n) is 1.09. The summed E-state index contributed by atoms with van der Waals surface area (Å²) in [6.07, 6.45) is 2.75. The van der Waals surface area contributed by atoms with Gasteiger partial charge in [-0.1, -0.05) is 13.3 Å². The Labute approximate surface area is 88.9 Å². The van der Waals surface area contributed by atoms with E-state index in [1.807, 2.05) is 0 Å². The smallest absolute Gasteiger partial charge is 0.321 e. The normalized spacial score (nSPS) is 15.1. The van der Waals surface area contributed by atoms with Crippen LogP contribution in [0.2, 0.25) is 0 Å². The number of nitrogens with two attached hydrogens (primary N) is 1. The van der Waals surface area contributed by atoms with Crippen molar-refractivity contribution in [2.45, 2.75) is 37.5 Å². The van der Waals surface area contributed by atoms with E-state index in [1.54, 1.807) is 11.8 Å². The lowest BCUT2D eigenvalue weighted by Crippen LogP contribution is -2.33. The number of aliphatic hydroxyl groups excluding tert-OH is 1. The molecule has 0 aromatic carbocycles. The summed E-state index contributed by atoms with van der Waals surface area (Å²) >= 11 is 1.54. The molecule has 0 saturated heterocycles. The zero-order chi connectivity index (χ0) is 11.0. The van der Waals surface area contributed by atoms with Crippen LogP contribution in [-0.4, -0.2) is 39.8 Å². The summed E-state index contributed by atoms with van der Waals surface area (Å²) in [4.78, 5) is 10.4. The van der Waals surface area contributed by atoms with Crippen LogP contribution in [0.5, 0.6) is 0 Å². The van der Waals surface area contributed by atoms with Crippen LogP contribution in [0, 0.1) is 0 Å². The van der Waals surface area contributed by atoms with Gasteiger partial charge >= 0.3 is 5.97 Å². The maximum absolute atomic E-state index is 10.4. The van der Waals surface area contributed by atoms with Crippen molar-refractivity contribution < 1.29 is 15.0 Å². The Hall–Kier alpha value is -0.260. The second kappa shape index (κ2) is 8.08. The third-order valence-electron chi connectivity index (χ3n) is 1.89. The first-order valence-electron chi connectivity index (χ1n) is 4.82. The lowest BCUT2D eigenvalue weighted by atomic mass is 10.2. The van der Waals surface area contributed by atoms with E-state index in [-0.39, 0.29) is 6.61 Å². The second-order valence-electron chi connectivity index (χ2n) is 3.20. The van der Waals surface area contributed by atoms with Crippen molar-refractivity contribution >= 4 is 17.7 Å². The van der Waals surface area contributed by atoms with Crippen molar-refractivity contribution in [2.75, 3.05) is 12.4 Å². The topological polar surface area (TPSA) is 83.5 Å². The Balaban J connectivity index is 3.74. The minimum Gasteiger partial charge on any atom is -0.480 e. The van der Waals surface area contributed by atoms with Gasteiger partial charge in [-0.05, 0) is 12.8 Å². The third kappa shape index (κ3) is 6.23. The summed E-state index contributed by atoms with van der Waals surface area (Å²) in [7, 11) is 0. The number of carboxylic acid groups (broad SMARTS) is 1. The Kier molecular flexibility index (Phi) is 7.93. The first-order valence-corrected chi connectivity index (χ1v) is 5.87. The number of carboxylic acids is 1. The van der Waals surface area contributed by atoms with Gasteiger partial charge in [0, 0.05) is 17.6 Å². The Morgan fingerprint density at radius 1 is 1.50 bits per heavy atom. The Bertz CT molecular complexity index is 160. The maximum atomic E-state index is 10.4. The second-order valence-corrected chi connectivity index (χ2v) is 4.53. The molecule has 14 heavy (non-hydrogen) atoms. The fraction of sp³-hybridized carbons (Fsp3) is 0.889. The molecule has 2 atom stereocenters. The average Bonchev–Trinajstić information content (AvgIpc) is 2.14. The van der Waals surface area contributed by atoms with E-state index in [9.17, 15) is 4.79 Å². The molecule has 0 spiro atoms. The van der Waals surface area contributed by atoms with Crippen LogP contribution in [0.4, 0.5) is 0 Å². The number of hydrogen-bond acceptors (Lipinski definition) is 4. The summed E-state index contributed by atoms with van der Waals surface area (Å²) in [5, 5.41) is 17.7. The summed E-state index contributed by atoms with van der Waals surface area (Å²) in [6.45, 7) is 2.22. The molecule has 0 aliphatic heterocycles. The minimum atomic E-state index is -0.961. The third-order valence-corrected chi connectivity index (χ3v) is 3.38. The van der Waals surface area contributed by atoms with E-state index in [0.29, 0.717) is 17.4 Å². The zero-order valence-corrected chi connectivity index (χ0v) is 9.30. The Morgan fingerprint density at radius 3 is 2.57 bits per heavy atom. The van der Waals surface area contributed by atoms with Gasteiger partial charge in [0.15, 0.2) is 0 Å². The molecule has 0 heterocycles. The summed E-state index contributed by atoms with van der Waals surface area (Å²) in [5.74, 6) is -0.545. The molecule has 84 valence electrons. The largest absolute Gasteiger partial charge is 0.480 e. The molecule has 5 heteroatoms. The van der Waals surface area contributed by atoms with E-state index in [2.05, 4.69) is 6.92 Å². The van der Waals surface area contributed by atoms with Crippen LogP contribution < -0.4 is 5.73 Å². The molecule has 0 saturated carbocycles. The highest BCUT2D eigenvalue weighted by Gasteiger charge is 2.15. The highest BCUT2D eigenvalue weighted by Crippen LogP contribution is 2.20. The molecule has 4 N–H and O–H groups in total. The summed E-state index contributed by atoms with van der Waals surface area (Å²) < 4.78 is 0. The maximum Gasteiger partial charge on any atom is 0.321 e. The van der Waals surface area contributed by atoms with E-state index >= 15 is 0 Å². The van der Waals surface area contributed by atoms with E-state index < -0.39 is 12.0 Å². The van der Waals surface area contributed by atoms with Gasteiger partial charge in [-0.15, -0.1) is 0 Å². The number of thioether (sulfide) groups is 1. The quantitative estimate of drug-likeness (QED) is 0.561. The standard InChI is InChI=1S/C9H19NO3S/c1-2-3-7(4-5-11)14-6-8(10)9(12)13/h7-8,11H,2-6,10H2,1H3,(H,12,13)/t7-,8?/m1/s1. The van der Waals surface area contributed by atoms with Crippen LogP contribution in [0.3, 0.4) is 0 Å². The van der Waals surface area contributed by atoms with E-state index in [0.717, 1.165) is 12.8 Å². The zero-order valence-electron chi connectivity index (χ0n) is 8.48. The van der Waals surface area contributed by atoms with Crippen LogP contribution in [0.15, 0.2) is 0 Å². The molecule has 0 radical (unpaired) electrons. The molecule has 0 rings (SSSR count). The Morgan fingerprint density at radius 2 is 2.14 bits per heavy atom. The monoisotopic (exact) mass is 221 g/mol. The number of hydrogen-bond donors (Lipinski definition) is 3. The summed E-state index contributed by atoms with van der Waals surface area (Å²) in [6, 6.07) is -0.793. The van der Waals surface area contributed by atoms with Gasteiger partial charge in [0.2, 0.25) is 0 Å². The predicted molar refractivity (Wildman–Crippen MR) is 58.5 cm³/mol. The number of carbonyl (C=O) groups is 1. The molecule has 1 unspecified atom stereocenters. The lowest BCUT2D eigenvalue weighted by Gasteiger charge is -2.15. The molecule has 0 bridgehead atoms. The van der Waals surface area contributed by atoms with Gasteiger partial charge in [-0.2, -0.15) is 11.8 Å². The van der Waals surface area contributed by atoms with Gasteiger partial charge in [-0.25, -0.2) is 0 Å². The van der Waals surface area contributed by atoms with Crippen LogP contribution in [-0.2, 0) is 4.79 Å². The van der Waals surface area contributed by atoms with Gasteiger partial charge in [-0.3, -0.25) is 4.79 Å². The highest BCUT2D eigenvalue weighted by atomic mass is 32.2. The number of aliphatic carboxylic acids is 1. The van der Waals surface area contributed by atoms with E-state index in [4.69, 9.17) is 15.9 Å². The van der Waals surface area contributed by atoms with Crippen LogP contribution in [0.1, 0.15) is 26.2 Å². The molecule has 0 amide bonds. The molecule has 0 fully saturated rings. The van der Waals surface area contributed by atoms with Crippen molar-refractivity contribution in [3.05, 3.63) is 0 Å². The number of rotatable bonds is 8. The molecule has 0 aromatic rings. The summed E-state index contributed by atoms with van der Waals surface area (Å²) in [5.41, 5.74) is 5.37. The molecular formula is C9H19NO3S. The molecule has 0 aliphatic rings. The predicted octanol–water partition coefficient (Wildman–Crippen LogP) is 0.683. The molecule has 0 aliphatic carbocycles. The SMILES string of the molecule is CCC[C@H](CCO)SCC(N)C(=O)O. The van der Waals surface area contributed by atoms with Gasteiger partial charge in [0.25, 0.3) is 0 Å². The van der Waals surface area contributed by atoms with Crippen molar-refractivity contribution in [3.63, 3.8) is 0 Å². The van der Waals surface area contributed by atoms with Crippen molar-refractivity contribution in [1.82, 2.24) is 0 Å². The molecule has 0 aromatic heterocycles. The highest BCUT2D eigenvalue weighted by molar-refractivity contribution is 7.99. The van der Waals surface area contributed by atoms with Gasteiger partial charge < -0.3 is 15.9 Å². The van der Waals surface area contributed by atoms with Crippen molar-refractivity contribution in [3.8, 4) is 0 Å². The van der Waals surface area contributed by atoms with Crippen LogP contribution in [0.25, 0.3) is 0 Å². The van der Waals surface area contributed by atoms with E-state index in [1.165, 1.54) is 0 Å². The van der Waals surface area contributed by atoms with Crippen molar-refractivity contribution in [1.29, 1.82) is 0 Å². The number of aliphatic hydroxyl groups is 1. The molecular weight excluding hydrogens is 202 g/mol. The van der Waals surface area contributed by atoms with Crippen molar-refractivity contribution in [2.24, 2.45) is 5.73 Å².